The van der Waals surface area contributed by atoms with Gasteiger partial charge >= 0.3 is 5.97 Å². The van der Waals surface area contributed by atoms with Crippen LogP contribution in [0.2, 0.25) is 0 Å². The number of furan rings is 1. The lowest BCUT2D eigenvalue weighted by molar-refractivity contribution is 0.0691. The van der Waals surface area contributed by atoms with Crippen molar-refractivity contribution in [2.75, 3.05) is 20.3 Å². The largest absolute Gasteiger partial charge is 0.478 e. The van der Waals surface area contributed by atoms with Gasteiger partial charge in [0.2, 0.25) is 10.0 Å². The second kappa shape index (κ2) is 5.19. The first-order valence-corrected chi connectivity index (χ1v) is 7.60. The predicted molar refractivity (Wildman–Crippen MR) is 69.3 cm³/mol. The zero-order valence-electron chi connectivity index (χ0n) is 11.5. The van der Waals surface area contributed by atoms with Crippen LogP contribution in [0, 0.1) is 13.8 Å². The molecule has 1 aromatic heterocycles. The first-order chi connectivity index (χ1) is 9.26. The monoisotopic (exact) mass is 303 g/mol. The molecule has 2 heterocycles. The van der Waals surface area contributed by atoms with E-state index in [2.05, 4.69) is 0 Å². The lowest BCUT2D eigenvalue weighted by atomic mass is 10.2. The van der Waals surface area contributed by atoms with Gasteiger partial charge in [0.25, 0.3) is 0 Å². The van der Waals surface area contributed by atoms with Crippen LogP contribution in [0.4, 0.5) is 0 Å². The molecule has 7 nitrogen and oxygen atoms in total. The molecule has 1 aromatic rings. The minimum atomic E-state index is -3.93. The van der Waals surface area contributed by atoms with Crippen molar-refractivity contribution in [3.8, 4) is 0 Å². The van der Waals surface area contributed by atoms with Gasteiger partial charge < -0.3 is 14.3 Å². The smallest absolute Gasteiger partial charge is 0.340 e. The van der Waals surface area contributed by atoms with Crippen LogP contribution in [-0.2, 0) is 14.8 Å². The maximum Gasteiger partial charge on any atom is 0.340 e. The molecule has 1 saturated heterocycles. The van der Waals surface area contributed by atoms with Gasteiger partial charge in [0.05, 0.1) is 12.6 Å². The second-order valence-corrected chi connectivity index (χ2v) is 6.70. The number of likely N-dealkylation sites (N-methyl/N-ethyl adjacent to an activating group) is 1. The Kier molecular flexibility index (Phi) is 3.90. The van der Waals surface area contributed by atoms with E-state index in [0.717, 1.165) is 0 Å². The Morgan fingerprint density at radius 1 is 1.35 bits per heavy atom. The van der Waals surface area contributed by atoms with E-state index in [1.54, 1.807) is 0 Å². The van der Waals surface area contributed by atoms with E-state index in [4.69, 9.17) is 9.15 Å². The van der Waals surface area contributed by atoms with E-state index in [-0.39, 0.29) is 28.0 Å². The van der Waals surface area contributed by atoms with Gasteiger partial charge in [-0.2, -0.15) is 4.31 Å². The Morgan fingerprint density at radius 2 is 2.00 bits per heavy atom. The van der Waals surface area contributed by atoms with Crippen molar-refractivity contribution < 1.29 is 27.5 Å². The fraction of sp³-hybridized carbons (Fsp3) is 0.583. The van der Waals surface area contributed by atoms with Gasteiger partial charge in [0.15, 0.2) is 0 Å². The zero-order valence-corrected chi connectivity index (χ0v) is 12.4. The molecule has 8 heteroatoms. The maximum atomic E-state index is 12.6. The van der Waals surface area contributed by atoms with Gasteiger partial charge in [-0.3, -0.25) is 0 Å². The van der Waals surface area contributed by atoms with Crippen LogP contribution in [0.15, 0.2) is 9.31 Å². The van der Waals surface area contributed by atoms with Crippen molar-refractivity contribution in [1.82, 2.24) is 4.31 Å². The maximum absolute atomic E-state index is 12.6. The highest BCUT2D eigenvalue weighted by atomic mass is 32.2. The van der Waals surface area contributed by atoms with Crippen molar-refractivity contribution in [2.24, 2.45) is 0 Å². The van der Waals surface area contributed by atoms with Crippen molar-refractivity contribution in [1.29, 1.82) is 0 Å². The normalized spacial score (nSPS) is 19.7. The minimum Gasteiger partial charge on any atom is -0.478 e. The summed E-state index contributed by atoms with van der Waals surface area (Å²) in [5.41, 5.74) is -0.298. The standard InChI is InChI=1S/C12H17NO6S/c1-7-10(12(14)15)11(8(2)19-7)20(16,17)13(3)9-4-5-18-6-9/h9H,4-6H2,1-3H3,(H,14,15). The Bertz CT molecular complexity index is 627. The molecule has 0 spiro atoms. The van der Waals surface area contributed by atoms with Crippen LogP contribution in [0.1, 0.15) is 28.3 Å². The summed E-state index contributed by atoms with van der Waals surface area (Å²) in [4.78, 5) is 11.0. The molecule has 1 aliphatic rings. The Labute approximate surface area is 117 Å². The molecule has 112 valence electrons. The van der Waals surface area contributed by atoms with Crippen LogP contribution >= 0.6 is 0 Å². The zero-order chi connectivity index (χ0) is 15.1. The summed E-state index contributed by atoms with van der Waals surface area (Å²) in [6.07, 6.45) is 0.591. The molecule has 0 bridgehead atoms. The van der Waals surface area contributed by atoms with Crippen LogP contribution in [-0.4, -0.2) is 50.1 Å². The molecule has 1 atom stereocenters. The Morgan fingerprint density at radius 3 is 2.50 bits per heavy atom. The summed E-state index contributed by atoms with van der Waals surface area (Å²) in [7, 11) is -2.50. The first-order valence-electron chi connectivity index (χ1n) is 6.16. The third kappa shape index (κ3) is 2.34. The lowest BCUT2D eigenvalue weighted by Crippen LogP contribution is -2.38. The Balaban J connectivity index is 2.51. The second-order valence-electron chi connectivity index (χ2n) is 4.76. The summed E-state index contributed by atoms with van der Waals surface area (Å²) in [5, 5.41) is 9.20. The number of ether oxygens (including phenoxy) is 1. The van der Waals surface area contributed by atoms with Crippen LogP contribution in [0.3, 0.4) is 0 Å². The number of sulfonamides is 1. The third-order valence-electron chi connectivity index (χ3n) is 3.48. The van der Waals surface area contributed by atoms with E-state index in [1.165, 1.54) is 25.2 Å². The fourth-order valence-electron chi connectivity index (χ4n) is 2.37. The summed E-state index contributed by atoms with van der Waals surface area (Å²) >= 11 is 0. The van der Waals surface area contributed by atoms with Crippen molar-refractivity contribution in [3.05, 3.63) is 17.1 Å². The lowest BCUT2D eigenvalue weighted by Gasteiger charge is -2.22. The fourth-order valence-corrected chi connectivity index (χ4v) is 4.11. The minimum absolute atomic E-state index is 0.0876. The average molecular weight is 303 g/mol. The number of rotatable bonds is 4. The molecule has 0 aliphatic carbocycles. The molecule has 0 amide bonds. The van der Waals surface area contributed by atoms with Crippen molar-refractivity contribution >= 4 is 16.0 Å². The van der Waals surface area contributed by atoms with Gasteiger partial charge in [-0.1, -0.05) is 0 Å². The van der Waals surface area contributed by atoms with E-state index in [0.29, 0.717) is 19.6 Å². The van der Waals surface area contributed by atoms with Gasteiger partial charge in [0, 0.05) is 13.7 Å². The molecule has 1 fully saturated rings. The van der Waals surface area contributed by atoms with E-state index < -0.39 is 16.0 Å². The molecule has 20 heavy (non-hydrogen) atoms. The highest BCUT2D eigenvalue weighted by molar-refractivity contribution is 7.89. The average Bonchev–Trinajstić information content (AvgIpc) is 2.95. The summed E-state index contributed by atoms with van der Waals surface area (Å²) in [6, 6.07) is -0.281. The van der Waals surface area contributed by atoms with Crippen LogP contribution < -0.4 is 0 Å². The molecular formula is C12H17NO6S. The van der Waals surface area contributed by atoms with E-state index in [9.17, 15) is 18.3 Å². The van der Waals surface area contributed by atoms with Crippen molar-refractivity contribution in [2.45, 2.75) is 31.2 Å². The number of carboxylic acid groups (broad SMARTS) is 1. The third-order valence-corrected chi connectivity index (χ3v) is 5.54. The summed E-state index contributed by atoms with van der Waals surface area (Å²) in [6.45, 7) is 3.70. The molecule has 0 aromatic carbocycles. The predicted octanol–water partition coefficient (Wildman–Crippen LogP) is 1.00. The number of carbonyl (C=O) groups is 1. The van der Waals surface area contributed by atoms with Crippen LogP contribution in [0.25, 0.3) is 0 Å². The molecule has 1 unspecified atom stereocenters. The number of hydrogen-bond acceptors (Lipinski definition) is 5. The molecule has 1 N–H and O–H groups in total. The van der Waals surface area contributed by atoms with Gasteiger partial charge in [-0.15, -0.1) is 0 Å². The summed E-state index contributed by atoms with van der Waals surface area (Å²) < 4.78 is 36.8. The number of hydrogen-bond donors (Lipinski definition) is 1. The van der Waals surface area contributed by atoms with Crippen molar-refractivity contribution in [3.63, 3.8) is 0 Å². The highest BCUT2D eigenvalue weighted by Gasteiger charge is 2.37. The Hall–Kier alpha value is -1.38. The summed E-state index contributed by atoms with van der Waals surface area (Å²) in [5.74, 6) is -1.13. The number of carboxylic acids is 1. The number of nitrogens with zero attached hydrogens (tertiary/aromatic N) is 1. The SMILES string of the molecule is Cc1oc(C)c(S(=O)(=O)N(C)C2CCOC2)c1C(=O)O. The molecular weight excluding hydrogens is 286 g/mol. The van der Waals surface area contributed by atoms with Gasteiger partial charge in [-0.25, -0.2) is 13.2 Å². The van der Waals surface area contributed by atoms with Gasteiger partial charge in [-0.05, 0) is 20.3 Å². The first kappa shape index (κ1) is 15.0. The number of aryl methyl sites for hydroxylation is 2. The number of aromatic carboxylic acids is 1. The quantitative estimate of drug-likeness (QED) is 0.891. The van der Waals surface area contributed by atoms with E-state index in [1.807, 2.05) is 0 Å². The van der Waals surface area contributed by atoms with Gasteiger partial charge in [0.1, 0.15) is 22.0 Å². The molecule has 0 radical (unpaired) electrons. The topological polar surface area (TPSA) is 97.0 Å². The molecule has 2 rings (SSSR count). The van der Waals surface area contributed by atoms with E-state index >= 15 is 0 Å². The molecule has 0 saturated carbocycles. The molecule has 1 aliphatic heterocycles. The highest BCUT2D eigenvalue weighted by Crippen LogP contribution is 2.30. The van der Waals surface area contributed by atoms with Crippen LogP contribution in [0.5, 0.6) is 0 Å².